The van der Waals surface area contributed by atoms with E-state index in [1.807, 2.05) is 32.0 Å². The van der Waals surface area contributed by atoms with Gasteiger partial charge in [-0.3, -0.25) is 9.59 Å². The van der Waals surface area contributed by atoms with Gasteiger partial charge >= 0.3 is 11.9 Å². The summed E-state index contributed by atoms with van der Waals surface area (Å²) in [6.45, 7) is 6.59. The third-order valence-electron chi connectivity index (χ3n) is 5.28. The monoisotopic (exact) mass is 374 g/mol. The van der Waals surface area contributed by atoms with Crippen LogP contribution in [0.25, 0.3) is 0 Å². The smallest absolute Gasteiger partial charge is 0.315 e. The molecule has 1 aliphatic rings. The van der Waals surface area contributed by atoms with E-state index >= 15 is 0 Å². The first kappa shape index (κ1) is 21.5. The molecule has 1 saturated carbocycles. The Morgan fingerprint density at radius 3 is 2.11 bits per heavy atom. The van der Waals surface area contributed by atoms with E-state index in [4.69, 9.17) is 9.47 Å². The summed E-state index contributed by atoms with van der Waals surface area (Å²) in [6, 6.07) is 5.76. The molecule has 0 radical (unpaired) electrons. The number of esters is 2. The molecule has 0 saturated heterocycles. The molecule has 0 heterocycles. The molecule has 1 aliphatic carbocycles. The molecule has 27 heavy (non-hydrogen) atoms. The van der Waals surface area contributed by atoms with E-state index in [1.54, 1.807) is 0 Å². The summed E-state index contributed by atoms with van der Waals surface area (Å²) in [4.78, 5) is 25.3. The molecule has 2 atom stereocenters. The van der Waals surface area contributed by atoms with Crippen LogP contribution in [0.3, 0.4) is 0 Å². The zero-order valence-corrected chi connectivity index (χ0v) is 17.1. The van der Waals surface area contributed by atoms with Crippen molar-refractivity contribution in [1.82, 2.24) is 0 Å². The summed E-state index contributed by atoms with van der Waals surface area (Å²) >= 11 is 0. The van der Waals surface area contributed by atoms with Gasteiger partial charge in [-0.1, -0.05) is 51.5 Å². The Morgan fingerprint density at radius 2 is 1.48 bits per heavy atom. The van der Waals surface area contributed by atoms with Crippen LogP contribution in [0.5, 0.6) is 5.75 Å². The molecular formula is C23H34O4. The van der Waals surface area contributed by atoms with E-state index in [1.165, 1.54) is 19.3 Å². The number of hydrogen-bond acceptors (Lipinski definition) is 4. The number of rotatable bonds is 9. The molecule has 150 valence electrons. The lowest BCUT2D eigenvalue weighted by Crippen LogP contribution is -2.36. The fourth-order valence-corrected chi connectivity index (χ4v) is 3.86. The van der Waals surface area contributed by atoms with Crippen LogP contribution in [0.15, 0.2) is 18.2 Å². The average Bonchev–Trinajstić information content (AvgIpc) is 2.63. The molecule has 1 aromatic carbocycles. The average molecular weight is 375 g/mol. The van der Waals surface area contributed by atoms with Gasteiger partial charge in [0, 0.05) is 0 Å². The Hall–Kier alpha value is -1.84. The minimum atomic E-state index is -0.396. The molecule has 2 rings (SSSR count). The second-order valence-corrected chi connectivity index (χ2v) is 7.82. The molecule has 0 bridgehead atoms. The summed E-state index contributed by atoms with van der Waals surface area (Å²) in [5.41, 5.74) is 2.11. The summed E-state index contributed by atoms with van der Waals surface area (Å²) in [5, 5.41) is 0. The van der Waals surface area contributed by atoms with Crippen molar-refractivity contribution < 1.29 is 19.1 Å². The van der Waals surface area contributed by atoms with Crippen molar-refractivity contribution in [1.29, 1.82) is 0 Å². The van der Waals surface area contributed by atoms with Crippen molar-refractivity contribution in [2.45, 2.75) is 78.6 Å². The maximum absolute atomic E-state index is 12.7. The van der Waals surface area contributed by atoms with E-state index in [0.717, 1.165) is 36.8 Å². The SMILES string of the molecule is CCCCCCCOC(=O)C1CCCCC1C(=O)Oc1cc(C)cc(C)c1. The Balaban J connectivity index is 1.89. The molecule has 0 aliphatic heterocycles. The molecule has 4 heteroatoms. The third-order valence-corrected chi connectivity index (χ3v) is 5.28. The number of benzene rings is 1. The van der Waals surface area contributed by atoms with Gasteiger partial charge < -0.3 is 9.47 Å². The highest BCUT2D eigenvalue weighted by Gasteiger charge is 2.38. The number of unbranched alkanes of at least 4 members (excludes halogenated alkanes) is 4. The summed E-state index contributed by atoms with van der Waals surface area (Å²) in [7, 11) is 0. The van der Waals surface area contributed by atoms with Gasteiger partial charge in [0.25, 0.3) is 0 Å². The van der Waals surface area contributed by atoms with Crippen LogP contribution in [0.4, 0.5) is 0 Å². The van der Waals surface area contributed by atoms with Gasteiger partial charge in [-0.25, -0.2) is 0 Å². The fraction of sp³-hybridized carbons (Fsp3) is 0.652. The minimum absolute atomic E-state index is 0.229. The van der Waals surface area contributed by atoms with Crippen LogP contribution >= 0.6 is 0 Å². The van der Waals surface area contributed by atoms with E-state index < -0.39 is 5.92 Å². The van der Waals surface area contributed by atoms with Crippen LogP contribution in [0, 0.1) is 25.7 Å². The standard InChI is InChI=1S/C23H34O4/c1-4-5-6-7-10-13-26-22(24)20-11-8-9-12-21(20)23(25)27-19-15-17(2)14-18(3)16-19/h14-16,20-21H,4-13H2,1-3H3. The van der Waals surface area contributed by atoms with Crippen molar-refractivity contribution >= 4 is 11.9 Å². The molecule has 2 unspecified atom stereocenters. The van der Waals surface area contributed by atoms with E-state index in [2.05, 4.69) is 6.92 Å². The first-order chi connectivity index (χ1) is 13.0. The lowest BCUT2D eigenvalue weighted by molar-refractivity contribution is -0.158. The van der Waals surface area contributed by atoms with Gasteiger partial charge in [0.15, 0.2) is 0 Å². The zero-order valence-electron chi connectivity index (χ0n) is 17.1. The molecular weight excluding hydrogens is 340 g/mol. The van der Waals surface area contributed by atoms with Crippen molar-refractivity contribution in [3.63, 3.8) is 0 Å². The fourth-order valence-electron chi connectivity index (χ4n) is 3.86. The lowest BCUT2D eigenvalue weighted by atomic mass is 9.79. The Labute approximate surface area is 163 Å². The van der Waals surface area contributed by atoms with Crippen LogP contribution in [-0.2, 0) is 14.3 Å². The van der Waals surface area contributed by atoms with Gasteiger partial charge in [0.2, 0.25) is 0 Å². The van der Waals surface area contributed by atoms with Crippen molar-refractivity contribution in [3.05, 3.63) is 29.3 Å². The minimum Gasteiger partial charge on any atom is -0.465 e. The van der Waals surface area contributed by atoms with Gasteiger partial charge in [0.1, 0.15) is 5.75 Å². The van der Waals surface area contributed by atoms with Crippen molar-refractivity contribution in [3.8, 4) is 5.75 Å². The van der Waals surface area contributed by atoms with Gasteiger partial charge in [0.05, 0.1) is 18.4 Å². The second kappa shape index (κ2) is 11.1. The van der Waals surface area contributed by atoms with Crippen LogP contribution < -0.4 is 4.74 Å². The molecule has 0 aromatic heterocycles. The number of ether oxygens (including phenoxy) is 2. The normalized spacial score (nSPS) is 19.5. The highest BCUT2D eigenvalue weighted by atomic mass is 16.5. The topological polar surface area (TPSA) is 52.6 Å². The van der Waals surface area contributed by atoms with Crippen LogP contribution in [-0.4, -0.2) is 18.5 Å². The molecule has 1 fully saturated rings. The maximum atomic E-state index is 12.7. The Bertz CT molecular complexity index is 603. The largest absolute Gasteiger partial charge is 0.465 e. The Kier molecular flexibility index (Phi) is 8.83. The number of carbonyl (C=O) groups is 2. The molecule has 1 aromatic rings. The van der Waals surface area contributed by atoms with Crippen molar-refractivity contribution in [2.75, 3.05) is 6.61 Å². The van der Waals surface area contributed by atoms with Crippen molar-refractivity contribution in [2.24, 2.45) is 11.8 Å². The number of carbonyl (C=O) groups excluding carboxylic acids is 2. The summed E-state index contributed by atoms with van der Waals surface area (Å²) in [6.07, 6.45) is 8.91. The summed E-state index contributed by atoms with van der Waals surface area (Å²) < 4.78 is 11.1. The first-order valence-corrected chi connectivity index (χ1v) is 10.5. The Morgan fingerprint density at radius 1 is 0.889 bits per heavy atom. The van der Waals surface area contributed by atoms with Crippen LogP contribution in [0.1, 0.15) is 75.8 Å². The molecule has 0 spiro atoms. The van der Waals surface area contributed by atoms with E-state index in [0.29, 0.717) is 25.2 Å². The number of hydrogen-bond donors (Lipinski definition) is 0. The predicted molar refractivity (Wildman–Crippen MR) is 107 cm³/mol. The third kappa shape index (κ3) is 7.00. The molecule has 0 amide bonds. The number of aryl methyl sites for hydroxylation is 2. The highest BCUT2D eigenvalue weighted by molar-refractivity contribution is 5.83. The van der Waals surface area contributed by atoms with Gasteiger partial charge in [-0.05, 0) is 56.4 Å². The molecule has 4 nitrogen and oxygen atoms in total. The quantitative estimate of drug-likeness (QED) is 0.324. The maximum Gasteiger partial charge on any atom is 0.315 e. The first-order valence-electron chi connectivity index (χ1n) is 10.5. The van der Waals surface area contributed by atoms with Gasteiger partial charge in [-0.15, -0.1) is 0 Å². The predicted octanol–water partition coefficient (Wildman–Crippen LogP) is 5.53. The van der Waals surface area contributed by atoms with Gasteiger partial charge in [-0.2, -0.15) is 0 Å². The van der Waals surface area contributed by atoms with E-state index in [-0.39, 0.29) is 17.9 Å². The lowest BCUT2D eigenvalue weighted by Gasteiger charge is -2.28. The summed E-state index contributed by atoms with van der Waals surface area (Å²) in [5.74, 6) is -0.733. The van der Waals surface area contributed by atoms with E-state index in [9.17, 15) is 9.59 Å². The van der Waals surface area contributed by atoms with Crippen LogP contribution in [0.2, 0.25) is 0 Å². The second-order valence-electron chi connectivity index (χ2n) is 7.82. The zero-order chi connectivity index (χ0) is 19.6. The highest BCUT2D eigenvalue weighted by Crippen LogP contribution is 2.32. The molecule has 0 N–H and O–H groups in total.